The van der Waals surface area contributed by atoms with Crippen molar-refractivity contribution in [1.29, 1.82) is 0 Å². The van der Waals surface area contributed by atoms with Gasteiger partial charge in [-0.1, -0.05) is 18.5 Å². The van der Waals surface area contributed by atoms with E-state index in [1.54, 1.807) is 6.07 Å². The highest BCUT2D eigenvalue weighted by atomic mass is 35.5. The summed E-state index contributed by atoms with van der Waals surface area (Å²) in [5.74, 6) is 0.436. The monoisotopic (exact) mass is 282 g/mol. The number of halogens is 1. The summed E-state index contributed by atoms with van der Waals surface area (Å²) in [6, 6.07) is 3.12. The molecule has 0 atom stereocenters. The lowest BCUT2D eigenvalue weighted by atomic mass is 9.79. The molecule has 1 amide bonds. The Hall–Kier alpha value is -1.13. The van der Waals surface area contributed by atoms with Gasteiger partial charge in [-0.25, -0.2) is 4.98 Å². The molecule has 19 heavy (non-hydrogen) atoms. The van der Waals surface area contributed by atoms with E-state index in [1.807, 2.05) is 0 Å². The van der Waals surface area contributed by atoms with Crippen LogP contribution in [0, 0.1) is 5.92 Å². The van der Waals surface area contributed by atoms with Crippen LogP contribution in [-0.2, 0) is 0 Å². The van der Waals surface area contributed by atoms with E-state index in [9.17, 15) is 9.90 Å². The number of rotatable bonds is 3. The summed E-state index contributed by atoms with van der Waals surface area (Å²) >= 11 is 5.74. The molecule has 0 aromatic carbocycles. The third-order valence-electron chi connectivity index (χ3n) is 3.77. The fourth-order valence-electron chi connectivity index (χ4n) is 2.37. The lowest BCUT2D eigenvalue weighted by Crippen LogP contribution is -2.45. The summed E-state index contributed by atoms with van der Waals surface area (Å²) in [7, 11) is 0. The Bertz CT molecular complexity index is 457. The summed E-state index contributed by atoms with van der Waals surface area (Å²) < 4.78 is 0. The van der Waals surface area contributed by atoms with Gasteiger partial charge in [-0.15, -0.1) is 0 Å². The number of pyridine rings is 1. The van der Waals surface area contributed by atoms with E-state index in [1.165, 1.54) is 12.3 Å². The van der Waals surface area contributed by atoms with Crippen molar-refractivity contribution in [3.05, 3.63) is 29.0 Å². The van der Waals surface area contributed by atoms with Crippen LogP contribution < -0.4 is 5.32 Å². The van der Waals surface area contributed by atoms with Gasteiger partial charge >= 0.3 is 0 Å². The molecule has 0 bridgehead atoms. The maximum absolute atomic E-state index is 11.9. The summed E-state index contributed by atoms with van der Waals surface area (Å²) in [6.45, 7) is 2.48. The van der Waals surface area contributed by atoms with Crippen molar-refractivity contribution in [3.63, 3.8) is 0 Å². The van der Waals surface area contributed by atoms with Gasteiger partial charge in [0, 0.05) is 18.3 Å². The van der Waals surface area contributed by atoms with E-state index in [0.29, 0.717) is 18.0 Å². The van der Waals surface area contributed by atoms with Gasteiger partial charge in [0.15, 0.2) is 0 Å². The molecule has 5 heteroatoms. The van der Waals surface area contributed by atoms with Crippen LogP contribution >= 0.6 is 11.6 Å². The van der Waals surface area contributed by atoms with Crippen molar-refractivity contribution in [2.75, 3.05) is 6.54 Å². The topological polar surface area (TPSA) is 62.2 Å². The molecule has 4 nitrogen and oxygen atoms in total. The smallest absolute Gasteiger partial charge is 0.251 e. The van der Waals surface area contributed by atoms with Crippen molar-refractivity contribution < 1.29 is 9.90 Å². The number of nitrogens with zero attached hydrogens (tertiary/aromatic N) is 1. The molecular weight excluding hydrogens is 264 g/mol. The highest BCUT2D eigenvalue weighted by Gasteiger charge is 2.32. The van der Waals surface area contributed by atoms with Gasteiger partial charge in [0.1, 0.15) is 5.15 Å². The SMILES string of the molecule is CC1CCC(O)(CNC(=O)c2ccnc(Cl)c2)CC1. The second-order valence-corrected chi connectivity index (χ2v) is 5.84. The maximum atomic E-state index is 11.9. The minimum atomic E-state index is -0.765. The lowest BCUT2D eigenvalue weighted by Gasteiger charge is -2.34. The first-order valence-electron chi connectivity index (χ1n) is 6.61. The van der Waals surface area contributed by atoms with E-state index in [2.05, 4.69) is 17.2 Å². The summed E-state index contributed by atoms with van der Waals surface area (Å²) in [5, 5.41) is 13.5. The second-order valence-electron chi connectivity index (χ2n) is 5.46. The zero-order valence-corrected chi connectivity index (χ0v) is 11.8. The highest BCUT2D eigenvalue weighted by Crippen LogP contribution is 2.31. The Morgan fingerprint density at radius 3 is 2.89 bits per heavy atom. The van der Waals surface area contributed by atoms with Gasteiger partial charge in [-0.2, -0.15) is 0 Å². The Morgan fingerprint density at radius 1 is 1.58 bits per heavy atom. The molecule has 2 N–H and O–H groups in total. The number of amides is 1. The molecule has 1 aromatic rings. The molecule has 104 valence electrons. The molecule has 1 saturated carbocycles. The highest BCUT2D eigenvalue weighted by molar-refractivity contribution is 6.29. The normalized spacial score (nSPS) is 27.0. The molecule has 1 aromatic heterocycles. The predicted octanol–water partition coefficient (Wildman–Crippen LogP) is 2.41. The van der Waals surface area contributed by atoms with Crippen LogP contribution in [-0.4, -0.2) is 28.1 Å². The molecule has 0 unspecified atom stereocenters. The van der Waals surface area contributed by atoms with E-state index in [0.717, 1.165) is 25.7 Å². The summed E-state index contributed by atoms with van der Waals surface area (Å²) in [4.78, 5) is 15.8. The fourth-order valence-corrected chi connectivity index (χ4v) is 2.54. The fraction of sp³-hybridized carbons (Fsp3) is 0.571. The quantitative estimate of drug-likeness (QED) is 0.837. The average Bonchev–Trinajstić information content (AvgIpc) is 2.40. The molecule has 1 aliphatic carbocycles. The molecule has 0 radical (unpaired) electrons. The third kappa shape index (κ3) is 3.91. The van der Waals surface area contributed by atoms with E-state index in [4.69, 9.17) is 11.6 Å². The zero-order chi connectivity index (χ0) is 13.9. The van der Waals surface area contributed by atoms with Crippen molar-refractivity contribution in [2.24, 2.45) is 5.92 Å². The predicted molar refractivity (Wildman–Crippen MR) is 74.2 cm³/mol. The number of hydrogen-bond acceptors (Lipinski definition) is 3. The minimum absolute atomic E-state index is 0.226. The molecular formula is C14H19ClN2O2. The van der Waals surface area contributed by atoms with Crippen LogP contribution in [0.4, 0.5) is 0 Å². The Kier molecular flexibility index (Phi) is 4.42. The van der Waals surface area contributed by atoms with Gasteiger partial charge in [0.2, 0.25) is 0 Å². The van der Waals surface area contributed by atoms with Gasteiger partial charge < -0.3 is 10.4 Å². The Labute approximate surface area is 118 Å². The van der Waals surface area contributed by atoms with Gasteiger partial charge in [0.25, 0.3) is 5.91 Å². The van der Waals surface area contributed by atoms with Crippen molar-refractivity contribution in [2.45, 2.75) is 38.2 Å². The first kappa shape index (κ1) is 14.3. The largest absolute Gasteiger partial charge is 0.388 e. The maximum Gasteiger partial charge on any atom is 0.251 e. The van der Waals surface area contributed by atoms with Crippen LogP contribution in [0.2, 0.25) is 5.15 Å². The number of aliphatic hydroxyl groups is 1. The van der Waals surface area contributed by atoms with Crippen molar-refractivity contribution in [3.8, 4) is 0 Å². The average molecular weight is 283 g/mol. The summed E-state index contributed by atoms with van der Waals surface area (Å²) in [5.41, 5.74) is -0.299. The van der Waals surface area contributed by atoms with Crippen LogP contribution in [0.1, 0.15) is 43.0 Å². The van der Waals surface area contributed by atoms with E-state index < -0.39 is 5.60 Å². The zero-order valence-electron chi connectivity index (χ0n) is 11.0. The lowest BCUT2D eigenvalue weighted by molar-refractivity contribution is -0.00539. The molecule has 1 heterocycles. The molecule has 0 spiro atoms. The Morgan fingerprint density at radius 2 is 2.26 bits per heavy atom. The number of nitrogens with one attached hydrogen (secondary N) is 1. The molecule has 0 aliphatic heterocycles. The van der Waals surface area contributed by atoms with Gasteiger partial charge in [-0.3, -0.25) is 4.79 Å². The standard InChI is InChI=1S/C14H19ClN2O2/c1-10-2-5-14(19,6-3-10)9-17-13(18)11-4-7-16-12(15)8-11/h4,7-8,10,19H,2-3,5-6,9H2,1H3,(H,17,18). The minimum Gasteiger partial charge on any atom is -0.388 e. The molecule has 2 rings (SSSR count). The number of hydrogen-bond donors (Lipinski definition) is 2. The Balaban J connectivity index is 1.90. The number of carbonyl (C=O) groups excluding carboxylic acids is 1. The molecule has 1 fully saturated rings. The second kappa shape index (κ2) is 5.88. The van der Waals surface area contributed by atoms with Crippen LogP contribution in [0.5, 0.6) is 0 Å². The van der Waals surface area contributed by atoms with Gasteiger partial charge in [-0.05, 0) is 43.7 Å². The van der Waals surface area contributed by atoms with Crippen LogP contribution in [0.25, 0.3) is 0 Å². The van der Waals surface area contributed by atoms with Crippen molar-refractivity contribution in [1.82, 2.24) is 10.3 Å². The van der Waals surface area contributed by atoms with Crippen LogP contribution in [0.3, 0.4) is 0 Å². The number of carbonyl (C=O) groups is 1. The molecule has 0 saturated heterocycles. The molecule has 1 aliphatic rings. The van der Waals surface area contributed by atoms with Gasteiger partial charge in [0.05, 0.1) is 5.60 Å². The van der Waals surface area contributed by atoms with Crippen molar-refractivity contribution >= 4 is 17.5 Å². The first-order valence-corrected chi connectivity index (χ1v) is 6.98. The summed E-state index contributed by atoms with van der Waals surface area (Å²) in [6.07, 6.45) is 4.99. The third-order valence-corrected chi connectivity index (χ3v) is 3.98. The number of aromatic nitrogens is 1. The first-order chi connectivity index (χ1) is 8.98. The van der Waals surface area contributed by atoms with Crippen LogP contribution in [0.15, 0.2) is 18.3 Å². The van der Waals surface area contributed by atoms with E-state index >= 15 is 0 Å². The van der Waals surface area contributed by atoms with E-state index in [-0.39, 0.29) is 11.1 Å².